The van der Waals surface area contributed by atoms with Crippen LogP contribution in [0.5, 0.6) is 0 Å². The zero-order valence-electron chi connectivity index (χ0n) is 11.3. The fourth-order valence-corrected chi connectivity index (χ4v) is 2.80. The van der Waals surface area contributed by atoms with E-state index in [1.807, 2.05) is 0 Å². The van der Waals surface area contributed by atoms with Gasteiger partial charge in [-0.1, -0.05) is 60.7 Å². The average Bonchev–Trinajstić information content (AvgIpc) is 2.88. The molecule has 1 nitrogen and oxygen atoms in total. The summed E-state index contributed by atoms with van der Waals surface area (Å²) < 4.78 is 0. The van der Waals surface area contributed by atoms with Crippen molar-refractivity contribution in [2.75, 3.05) is 20.1 Å². The topological polar surface area (TPSA) is 3.24 Å². The highest BCUT2D eigenvalue weighted by Gasteiger charge is 2.18. The van der Waals surface area contributed by atoms with Crippen molar-refractivity contribution in [3.8, 4) is 0 Å². The van der Waals surface area contributed by atoms with E-state index >= 15 is 0 Å². The molecule has 0 unspecified atom stereocenters. The smallest absolute Gasteiger partial charge is 0.0199 e. The minimum absolute atomic E-state index is 1.08. The zero-order chi connectivity index (χ0) is 13.1. The van der Waals surface area contributed by atoms with Crippen molar-refractivity contribution in [3.05, 3.63) is 77.4 Å². The maximum Gasteiger partial charge on any atom is 0.0199 e. The highest BCUT2D eigenvalue weighted by Crippen LogP contribution is 2.31. The number of likely N-dealkylation sites (N-methyl/N-ethyl adjacent to an activating group) is 1. The predicted octanol–water partition coefficient (Wildman–Crippen LogP) is 3.82. The zero-order valence-corrected chi connectivity index (χ0v) is 11.3. The molecule has 1 saturated heterocycles. The first-order valence-electron chi connectivity index (χ1n) is 6.86. The van der Waals surface area contributed by atoms with E-state index in [4.69, 9.17) is 0 Å². The van der Waals surface area contributed by atoms with E-state index in [-0.39, 0.29) is 0 Å². The van der Waals surface area contributed by atoms with E-state index in [0.29, 0.717) is 0 Å². The number of hydrogen-bond donors (Lipinski definition) is 0. The molecule has 1 heterocycles. The number of hydrogen-bond acceptors (Lipinski definition) is 1. The van der Waals surface area contributed by atoms with Gasteiger partial charge in [-0.3, -0.25) is 0 Å². The average molecular weight is 249 g/mol. The lowest BCUT2D eigenvalue weighted by atomic mass is 9.92. The Hall–Kier alpha value is -1.86. The first-order valence-corrected chi connectivity index (χ1v) is 6.86. The second kappa shape index (κ2) is 5.41. The molecular formula is C18H19N. The second-order valence-electron chi connectivity index (χ2n) is 5.20. The van der Waals surface area contributed by atoms with Crippen LogP contribution in [-0.4, -0.2) is 25.0 Å². The summed E-state index contributed by atoms with van der Waals surface area (Å²) in [4.78, 5) is 2.39. The van der Waals surface area contributed by atoms with Crippen LogP contribution < -0.4 is 0 Å². The summed E-state index contributed by atoms with van der Waals surface area (Å²) in [6, 6.07) is 21.5. The monoisotopic (exact) mass is 249 g/mol. The molecule has 2 aromatic carbocycles. The van der Waals surface area contributed by atoms with Gasteiger partial charge < -0.3 is 4.90 Å². The first kappa shape index (κ1) is 12.2. The van der Waals surface area contributed by atoms with Crippen LogP contribution in [0.1, 0.15) is 17.5 Å². The quantitative estimate of drug-likeness (QED) is 0.782. The van der Waals surface area contributed by atoms with E-state index in [1.54, 1.807) is 5.57 Å². The normalized spacial score (nSPS) is 15.7. The van der Waals surface area contributed by atoms with Gasteiger partial charge in [0.1, 0.15) is 0 Å². The lowest BCUT2D eigenvalue weighted by molar-refractivity contribution is 0.425. The molecule has 0 radical (unpaired) electrons. The summed E-state index contributed by atoms with van der Waals surface area (Å²) in [7, 11) is 2.20. The van der Waals surface area contributed by atoms with Gasteiger partial charge in [-0.05, 0) is 35.7 Å². The van der Waals surface area contributed by atoms with Crippen LogP contribution in [0.15, 0.2) is 66.2 Å². The molecule has 0 amide bonds. The molecule has 1 aliphatic heterocycles. The van der Waals surface area contributed by atoms with Crippen molar-refractivity contribution < 1.29 is 0 Å². The molecular weight excluding hydrogens is 230 g/mol. The minimum atomic E-state index is 1.08. The molecule has 19 heavy (non-hydrogen) atoms. The Kier molecular flexibility index (Phi) is 3.47. The lowest BCUT2D eigenvalue weighted by Gasteiger charge is -2.13. The Morgan fingerprint density at radius 1 is 0.842 bits per heavy atom. The summed E-state index contributed by atoms with van der Waals surface area (Å²) in [5.74, 6) is 0. The van der Waals surface area contributed by atoms with E-state index in [2.05, 4.69) is 72.6 Å². The van der Waals surface area contributed by atoms with Crippen LogP contribution in [0.25, 0.3) is 5.57 Å². The van der Waals surface area contributed by atoms with Gasteiger partial charge >= 0.3 is 0 Å². The van der Waals surface area contributed by atoms with Crippen molar-refractivity contribution in [1.29, 1.82) is 0 Å². The van der Waals surface area contributed by atoms with Crippen molar-refractivity contribution in [2.24, 2.45) is 0 Å². The molecule has 1 aliphatic rings. The molecule has 0 atom stereocenters. The SMILES string of the molecule is CN1CCC(=C(c2ccccc2)c2ccccc2)C1. The Balaban J connectivity index is 2.12. The molecule has 0 aliphatic carbocycles. The summed E-state index contributed by atoms with van der Waals surface area (Å²) in [5, 5.41) is 0. The van der Waals surface area contributed by atoms with Gasteiger partial charge in [0.05, 0.1) is 0 Å². The highest BCUT2D eigenvalue weighted by atomic mass is 15.1. The van der Waals surface area contributed by atoms with Gasteiger partial charge in [0, 0.05) is 13.1 Å². The fourth-order valence-electron chi connectivity index (χ4n) is 2.80. The molecule has 0 aromatic heterocycles. The molecule has 0 saturated carbocycles. The van der Waals surface area contributed by atoms with E-state index in [9.17, 15) is 0 Å². The standard InChI is InChI=1S/C18H19N/c1-19-13-12-17(14-19)18(15-8-4-2-5-9-15)16-10-6-3-7-11-16/h2-11H,12-14H2,1H3. The second-order valence-corrected chi connectivity index (χ2v) is 5.20. The third kappa shape index (κ3) is 2.61. The summed E-state index contributed by atoms with van der Waals surface area (Å²) in [5.41, 5.74) is 5.64. The number of rotatable bonds is 2. The number of likely N-dealkylation sites (tertiary alicyclic amines) is 1. The van der Waals surface area contributed by atoms with Crippen LogP contribution in [0.3, 0.4) is 0 Å². The van der Waals surface area contributed by atoms with Crippen LogP contribution >= 0.6 is 0 Å². The van der Waals surface area contributed by atoms with E-state index < -0.39 is 0 Å². The van der Waals surface area contributed by atoms with E-state index in [0.717, 1.165) is 6.54 Å². The fraction of sp³-hybridized carbons (Fsp3) is 0.222. The largest absolute Gasteiger partial charge is 0.302 e. The van der Waals surface area contributed by atoms with Crippen molar-refractivity contribution in [1.82, 2.24) is 4.90 Å². The predicted molar refractivity (Wildman–Crippen MR) is 81.0 cm³/mol. The third-order valence-corrected chi connectivity index (χ3v) is 3.73. The van der Waals surface area contributed by atoms with Gasteiger partial charge in [-0.2, -0.15) is 0 Å². The minimum Gasteiger partial charge on any atom is -0.302 e. The van der Waals surface area contributed by atoms with Crippen LogP contribution in [0, 0.1) is 0 Å². The van der Waals surface area contributed by atoms with Crippen molar-refractivity contribution >= 4 is 5.57 Å². The maximum absolute atomic E-state index is 2.39. The molecule has 1 heteroatoms. The van der Waals surface area contributed by atoms with Crippen molar-refractivity contribution in [3.63, 3.8) is 0 Å². The van der Waals surface area contributed by atoms with Crippen LogP contribution in [-0.2, 0) is 0 Å². The highest BCUT2D eigenvalue weighted by molar-refractivity contribution is 5.82. The van der Waals surface area contributed by atoms with E-state index in [1.165, 1.54) is 29.7 Å². The Morgan fingerprint density at radius 3 is 1.79 bits per heavy atom. The molecule has 0 spiro atoms. The number of benzene rings is 2. The van der Waals surface area contributed by atoms with Crippen LogP contribution in [0.2, 0.25) is 0 Å². The van der Waals surface area contributed by atoms with Gasteiger partial charge in [0.2, 0.25) is 0 Å². The molecule has 96 valence electrons. The molecule has 0 N–H and O–H groups in total. The maximum atomic E-state index is 2.39. The van der Waals surface area contributed by atoms with Gasteiger partial charge in [0.25, 0.3) is 0 Å². The molecule has 3 rings (SSSR count). The molecule has 0 bridgehead atoms. The molecule has 2 aromatic rings. The van der Waals surface area contributed by atoms with Crippen LogP contribution in [0.4, 0.5) is 0 Å². The summed E-state index contributed by atoms with van der Waals surface area (Å²) >= 11 is 0. The summed E-state index contributed by atoms with van der Waals surface area (Å²) in [6.45, 7) is 2.25. The van der Waals surface area contributed by atoms with Gasteiger partial charge in [0.15, 0.2) is 0 Å². The Labute approximate surface area is 115 Å². The van der Waals surface area contributed by atoms with Crippen molar-refractivity contribution in [2.45, 2.75) is 6.42 Å². The molecule has 1 fully saturated rings. The number of nitrogens with zero attached hydrogens (tertiary/aromatic N) is 1. The summed E-state index contributed by atoms with van der Waals surface area (Å²) in [6.07, 6.45) is 1.18. The lowest BCUT2D eigenvalue weighted by Crippen LogP contribution is -2.11. The van der Waals surface area contributed by atoms with Gasteiger partial charge in [-0.15, -0.1) is 0 Å². The Bertz CT molecular complexity index is 528. The third-order valence-electron chi connectivity index (χ3n) is 3.73. The first-order chi connectivity index (χ1) is 9.34. The van der Waals surface area contributed by atoms with Gasteiger partial charge in [-0.25, -0.2) is 0 Å². The Morgan fingerprint density at radius 2 is 1.37 bits per heavy atom.